The Labute approximate surface area is 199 Å². The minimum absolute atomic E-state index is 0.0191. The normalized spacial score (nSPS) is 34.5. The maximum absolute atomic E-state index is 13.5. The lowest BCUT2D eigenvalue weighted by Gasteiger charge is -2.41. The lowest BCUT2D eigenvalue weighted by molar-refractivity contribution is -0.157. The molecule has 5 atom stereocenters. The first kappa shape index (κ1) is 24.4. The first-order valence-electron chi connectivity index (χ1n) is 12.2. The van der Waals surface area contributed by atoms with Crippen LogP contribution in [0.4, 0.5) is 0 Å². The summed E-state index contributed by atoms with van der Waals surface area (Å²) in [4.78, 5) is 72.2. The molecule has 0 radical (unpaired) electrons. The molecule has 11 heteroatoms. The molecule has 0 aromatic carbocycles. The topological polar surface area (TPSA) is 120 Å². The number of piperazine rings is 1. The molecule has 0 saturated carbocycles. The van der Waals surface area contributed by atoms with E-state index in [-0.39, 0.29) is 36.7 Å². The summed E-state index contributed by atoms with van der Waals surface area (Å²) in [6.45, 7) is 5.66. The van der Waals surface area contributed by atoms with Crippen molar-refractivity contribution in [2.75, 3.05) is 46.4 Å². The molecule has 0 aromatic heterocycles. The molecule has 4 fully saturated rings. The molecule has 4 aliphatic heterocycles. The Morgan fingerprint density at radius 3 is 2.38 bits per heavy atom. The number of cyclic esters (lactones) is 1. The lowest BCUT2D eigenvalue weighted by Crippen LogP contribution is -2.64. The first-order chi connectivity index (χ1) is 16.2. The Morgan fingerprint density at radius 2 is 1.62 bits per heavy atom. The van der Waals surface area contributed by atoms with E-state index >= 15 is 0 Å². The standard InChI is InChI=1S/C23H35N5O6/c1-14-11-17-23(33)34-10-6-19(29)26-7-4-5-16(26)22(32)27-9-8-25(3)13-18(27)20(30)24-15(2)21(31)28(17)12-14/h14-18H,4-13H2,1-3H3,(H,24,30)/t14-,15+,16+,17+,18+/m1/s1. The van der Waals surface area contributed by atoms with E-state index in [9.17, 15) is 24.0 Å². The van der Waals surface area contributed by atoms with Gasteiger partial charge in [-0.2, -0.15) is 0 Å². The largest absolute Gasteiger partial charge is 0.464 e. The summed E-state index contributed by atoms with van der Waals surface area (Å²) in [7, 11) is 1.88. The molecular weight excluding hydrogens is 442 g/mol. The highest BCUT2D eigenvalue weighted by Gasteiger charge is 2.44. The zero-order chi connectivity index (χ0) is 24.6. The predicted octanol–water partition coefficient (Wildman–Crippen LogP) is -1.19. The van der Waals surface area contributed by atoms with Crippen molar-refractivity contribution in [3.8, 4) is 0 Å². The highest BCUT2D eigenvalue weighted by molar-refractivity contribution is 5.95. The third kappa shape index (κ3) is 4.75. The summed E-state index contributed by atoms with van der Waals surface area (Å²) in [5, 5.41) is 2.78. The van der Waals surface area contributed by atoms with Crippen LogP contribution in [-0.4, -0.2) is 120 Å². The molecule has 0 unspecified atom stereocenters. The number of hydrogen-bond donors (Lipinski definition) is 1. The Morgan fingerprint density at radius 1 is 0.853 bits per heavy atom. The highest BCUT2D eigenvalue weighted by Crippen LogP contribution is 2.26. The van der Waals surface area contributed by atoms with Crippen molar-refractivity contribution < 1.29 is 28.7 Å². The number of fused-ring (bicyclic) bond motifs is 3. The van der Waals surface area contributed by atoms with Crippen LogP contribution in [0.2, 0.25) is 0 Å². The maximum Gasteiger partial charge on any atom is 0.328 e. The van der Waals surface area contributed by atoms with E-state index in [2.05, 4.69) is 5.32 Å². The molecule has 1 N–H and O–H groups in total. The van der Waals surface area contributed by atoms with Crippen molar-refractivity contribution in [3.63, 3.8) is 0 Å². The van der Waals surface area contributed by atoms with E-state index < -0.39 is 36.0 Å². The number of nitrogens with zero attached hydrogens (tertiary/aromatic N) is 4. The van der Waals surface area contributed by atoms with Crippen LogP contribution < -0.4 is 5.32 Å². The number of amides is 4. The average molecular weight is 478 g/mol. The second-order valence-corrected chi connectivity index (χ2v) is 10.0. The number of likely N-dealkylation sites (N-methyl/N-ethyl adjacent to an activating group) is 1. The maximum atomic E-state index is 13.5. The monoisotopic (exact) mass is 477 g/mol. The van der Waals surface area contributed by atoms with Gasteiger partial charge in [0.1, 0.15) is 30.8 Å². The predicted molar refractivity (Wildman–Crippen MR) is 120 cm³/mol. The summed E-state index contributed by atoms with van der Waals surface area (Å²) in [5.74, 6) is -1.67. The van der Waals surface area contributed by atoms with Crippen LogP contribution in [0.3, 0.4) is 0 Å². The second kappa shape index (κ2) is 9.89. The number of rotatable bonds is 0. The van der Waals surface area contributed by atoms with Crippen LogP contribution in [0.5, 0.6) is 0 Å². The van der Waals surface area contributed by atoms with Crippen LogP contribution >= 0.6 is 0 Å². The molecule has 4 amide bonds. The molecule has 11 nitrogen and oxygen atoms in total. The van der Waals surface area contributed by atoms with E-state index in [1.165, 1.54) is 4.90 Å². The third-order valence-corrected chi connectivity index (χ3v) is 7.38. The number of carbonyl (C=O) groups is 5. The summed E-state index contributed by atoms with van der Waals surface area (Å²) in [5.41, 5.74) is 0. The number of esters is 1. The van der Waals surface area contributed by atoms with Crippen molar-refractivity contribution in [2.24, 2.45) is 5.92 Å². The molecule has 0 aromatic rings. The number of hydrogen-bond acceptors (Lipinski definition) is 7. The SMILES string of the molecule is C[C@@H]1C[C@H]2C(=O)OCCC(=O)N3CCC[C@H]3C(=O)N3CCN(C)C[C@H]3C(=O)N[C@@H](C)C(=O)N2C1. The minimum atomic E-state index is -0.852. The molecular formula is C23H35N5O6. The summed E-state index contributed by atoms with van der Waals surface area (Å²) in [6, 6.07) is -2.97. The van der Waals surface area contributed by atoms with Crippen LogP contribution in [0.25, 0.3) is 0 Å². The summed E-state index contributed by atoms with van der Waals surface area (Å²) >= 11 is 0. The van der Waals surface area contributed by atoms with Gasteiger partial charge in [0, 0.05) is 32.7 Å². The summed E-state index contributed by atoms with van der Waals surface area (Å²) in [6.07, 6.45) is 1.69. The molecule has 34 heavy (non-hydrogen) atoms. The average Bonchev–Trinajstić information content (AvgIpc) is 3.44. The second-order valence-electron chi connectivity index (χ2n) is 10.0. The van der Waals surface area contributed by atoms with E-state index in [0.29, 0.717) is 52.0 Å². The van der Waals surface area contributed by atoms with E-state index in [0.717, 1.165) is 0 Å². The van der Waals surface area contributed by atoms with Gasteiger partial charge in [-0.05, 0) is 39.2 Å². The van der Waals surface area contributed by atoms with Crippen molar-refractivity contribution in [1.82, 2.24) is 24.9 Å². The molecule has 0 spiro atoms. The van der Waals surface area contributed by atoms with Crippen LogP contribution in [-0.2, 0) is 28.7 Å². The van der Waals surface area contributed by atoms with Gasteiger partial charge in [0.2, 0.25) is 23.6 Å². The van der Waals surface area contributed by atoms with Gasteiger partial charge < -0.3 is 29.7 Å². The van der Waals surface area contributed by atoms with Gasteiger partial charge in [0.05, 0.1) is 6.42 Å². The van der Waals surface area contributed by atoms with Crippen molar-refractivity contribution in [3.05, 3.63) is 0 Å². The van der Waals surface area contributed by atoms with Crippen molar-refractivity contribution in [1.29, 1.82) is 0 Å². The number of ether oxygens (including phenoxy) is 1. The first-order valence-corrected chi connectivity index (χ1v) is 12.2. The third-order valence-electron chi connectivity index (χ3n) is 7.38. The van der Waals surface area contributed by atoms with Gasteiger partial charge in [-0.15, -0.1) is 0 Å². The molecule has 0 bridgehead atoms. The molecule has 0 aliphatic carbocycles. The molecule has 4 aliphatic rings. The van der Waals surface area contributed by atoms with Crippen LogP contribution in [0.15, 0.2) is 0 Å². The zero-order valence-corrected chi connectivity index (χ0v) is 20.2. The Hall–Kier alpha value is -2.69. The molecule has 188 valence electrons. The van der Waals surface area contributed by atoms with Crippen LogP contribution in [0, 0.1) is 5.92 Å². The van der Waals surface area contributed by atoms with Gasteiger partial charge in [0.15, 0.2) is 0 Å². The van der Waals surface area contributed by atoms with E-state index in [1.807, 2.05) is 18.9 Å². The Balaban J connectivity index is 1.63. The lowest BCUT2D eigenvalue weighted by atomic mass is 10.1. The fraction of sp³-hybridized carbons (Fsp3) is 0.783. The van der Waals surface area contributed by atoms with E-state index in [4.69, 9.17) is 4.74 Å². The quantitative estimate of drug-likeness (QED) is 0.436. The van der Waals surface area contributed by atoms with Crippen molar-refractivity contribution in [2.45, 2.75) is 63.7 Å². The Bertz CT molecular complexity index is 865. The van der Waals surface area contributed by atoms with Crippen LogP contribution in [0.1, 0.15) is 39.5 Å². The van der Waals surface area contributed by atoms with Gasteiger partial charge in [0.25, 0.3) is 0 Å². The zero-order valence-electron chi connectivity index (χ0n) is 20.2. The molecule has 4 rings (SSSR count). The fourth-order valence-electron chi connectivity index (χ4n) is 5.53. The van der Waals surface area contributed by atoms with Gasteiger partial charge in [-0.3, -0.25) is 19.2 Å². The van der Waals surface area contributed by atoms with Crippen molar-refractivity contribution >= 4 is 29.6 Å². The van der Waals surface area contributed by atoms with Gasteiger partial charge in [-0.25, -0.2) is 4.79 Å². The van der Waals surface area contributed by atoms with Gasteiger partial charge in [-0.1, -0.05) is 6.92 Å². The number of nitrogens with one attached hydrogen (secondary N) is 1. The fourth-order valence-corrected chi connectivity index (χ4v) is 5.53. The Kier molecular flexibility index (Phi) is 7.11. The smallest absolute Gasteiger partial charge is 0.328 e. The summed E-state index contributed by atoms with van der Waals surface area (Å²) < 4.78 is 5.38. The molecule has 4 saturated heterocycles. The minimum Gasteiger partial charge on any atom is -0.464 e. The highest BCUT2D eigenvalue weighted by atomic mass is 16.5. The van der Waals surface area contributed by atoms with Gasteiger partial charge >= 0.3 is 5.97 Å². The molecule has 4 heterocycles. The van der Waals surface area contributed by atoms with E-state index in [1.54, 1.807) is 16.7 Å². The number of carbonyl (C=O) groups excluding carboxylic acids is 5.